The fraction of sp³-hybridized carbons (Fsp3) is 0.867. The molecule has 16 heavy (non-hydrogen) atoms. The maximum atomic E-state index is 5.86. The standard InChI is InChI=1S/C15H29N/c1-12(2)15(11-16)10-13(3)14-8-6-4-5-7-9-14/h8,12-13,15H,4-7,9-11,16H2,1-3H3. The molecule has 94 valence electrons. The van der Waals surface area contributed by atoms with E-state index in [0.717, 1.165) is 18.4 Å². The van der Waals surface area contributed by atoms with E-state index in [-0.39, 0.29) is 0 Å². The van der Waals surface area contributed by atoms with Crippen LogP contribution in [0.1, 0.15) is 59.3 Å². The monoisotopic (exact) mass is 223 g/mol. The van der Waals surface area contributed by atoms with Crippen molar-refractivity contribution in [1.82, 2.24) is 0 Å². The largest absolute Gasteiger partial charge is 0.330 e. The van der Waals surface area contributed by atoms with Gasteiger partial charge in [0.25, 0.3) is 0 Å². The summed E-state index contributed by atoms with van der Waals surface area (Å²) in [5, 5.41) is 0. The summed E-state index contributed by atoms with van der Waals surface area (Å²) in [5.41, 5.74) is 7.57. The normalized spacial score (nSPS) is 21.4. The van der Waals surface area contributed by atoms with Crippen LogP contribution >= 0.6 is 0 Å². The minimum absolute atomic E-state index is 0.694. The minimum Gasteiger partial charge on any atom is -0.330 e. The first kappa shape index (κ1) is 13.8. The maximum Gasteiger partial charge on any atom is -0.00462 e. The third kappa shape index (κ3) is 4.29. The van der Waals surface area contributed by atoms with Crippen molar-refractivity contribution in [2.24, 2.45) is 23.5 Å². The van der Waals surface area contributed by atoms with Crippen molar-refractivity contribution in [3.05, 3.63) is 11.6 Å². The highest BCUT2D eigenvalue weighted by atomic mass is 14.6. The number of rotatable bonds is 5. The molecule has 1 rings (SSSR count). The van der Waals surface area contributed by atoms with Crippen LogP contribution in [0.4, 0.5) is 0 Å². The van der Waals surface area contributed by atoms with Gasteiger partial charge in [0.05, 0.1) is 0 Å². The molecule has 0 fully saturated rings. The van der Waals surface area contributed by atoms with Gasteiger partial charge in [-0.1, -0.05) is 38.8 Å². The van der Waals surface area contributed by atoms with Crippen LogP contribution in [-0.2, 0) is 0 Å². The molecule has 0 saturated heterocycles. The number of hydrogen-bond acceptors (Lipinski definition) is 1. The summed E-state index contributed by atoms with van der Waals surface area (Å²) in [7, 11) is 0. The molecule has 0 heterocycles. The van der Waals surface area contributed by atoms with Crippen molar-refractivity contribution >= 4 is 0 Å². The quantitative estimate of drug-likeness (QED) is 0.697. The molecule has 2 N–H and O–H groups in total. The molecule has 0 saturated carbocycles. The first-order chi connectivity index (χ1) is 7.65. The lowest BCUT2D eigenvalue weighted by Crippen LogP contribution is -2.22. The zero-order chi connectivity index (χ0) is 12.0. The van der Waals surface area contributed by atoms with Gasteiger partial charge < -0.3 is 5.73 Å². The molecule has 1 heteroatoms. The van der Waals surface area contributed by atoms with E-state index < -0.39 is 0 Å². The molecule has 1 aliphatic rings. The van der Waals surface area contributed by atoms with Crippen LogP contribution in [0.2, 0.25) is 0 Å². The van der Waals surface area contributed by atoms with Crippen LogP contribution in [0.15, 0.2) is 11.6 Å². The molecule has 0 aromatic rings. The van der Waals surface area contributed by atoms with E-state index in [9.17, 15) is 0 Å². The summed E-state index contributed by atoms with van der Waals surface area (Å²) in [6.45, 7) is 7.83. The predicted octanol–water partition coefficient (Wildman–Crippen LogP) is 4.13. The van der Waals surface area contributed by atoms with Gasteiger partial charge in [-0.3, -0.25) is 0 Å². The molecule has 0 bridgehead atoms. The smallest absolute Gasteiger partial charge is 0.00462 e. The lowest BCUT2D eigenvalue weighted by atomic mass is 9.83. The van der Waals surface area contributed by atoms with Gasteiger partial charge >= 0.3 is 0 Å². The van der Waals surface area contributed by atoms with E-state index in [1.807, 2.05) is 0 Å². The molecule has 0 aromatic carbocycles. The molecule has 0 aromatic heterocycles. The predicted molar refractivity (Wildman–Crippen MR) is 72.3 cm³/mol. The fourth-order valence-electron chi connectivity index (χ4n) is 2.73. The molecule has 1 nitrogen and oxygen atoms in total. The zero-order valence-corrected chi connectivity index (χ0v) is 11.3. The Bertz CT molecular complexity index is 217. The summed E-state index contributed by atoms with van der Waals surface area (Å²) >= 11 is 0. The summed E-state index contributed by atoms with van der Waals surface area (Å²) in [4.78, 5) is 0. The second-order valence-electron chi connectivity index (χ2n) is 5.75. The summed E-state index contributed by atoms with van der Waals surface area (Å²) < 4.78 is 0. The zero-order valence-electron chi connectivity index (χ0n) is 11.3. The van der Waals surface area contributed by atoms with E-state index in [2.05, 4.69) is 26.8 Å². The number of allylic oxidation sites excluding steroid dienone is 2. The highest BCUT2D eigenvalue weighted by molar-refractivity contribution is 5.07. The molecule has 2 unspecified atom stereocenters. The van der Waals surface area contributed by atoms with Gasteiger partial charge in [0.15, 0.2) is 0 Å². The number of nitrogens with two attached hydrogens (primary N) is 1. The lowest BCUT2D eigenvalue weighted by Gasteiger charge is -2.24. The Balaban J connectivity index is 2.49. The summed E-state index contributed by atoms with van der Waals surface area (Å²) in [5.74, 6) is 2.16. The Morgan fingerprint density at radius 1 is 1.19 bits per heavy atom. The Morgan fingerprint density at radius 2 is 1.94 bits per heavy atom. The van der Waals surface area contributed by atoms with Crippen molar-refractivity contribution in [3.8, 4) is 0 Å². The van der Waals surface area contributed by atoms with E-state index in [4.69, 9.17) is 5.73 Å². The Kier molecular flexibility index (Phi) is 6.12. The van der Waals surface area contributed by atoms with E-state index in [1.165, 1.54) is 38.5 Å². The van der Waals surface area contributed by atoms with E-state index in [1.54, 1.807) is 5.57 Å². The molecule has 2 atom stereocenters. The molecule has 0 spiro atoms. The van der Waals surface area contributed by atoms with E-state index >= 15 is 0 Å². The first-order valence-electron chi connectivity index (χ1n) is 7.04. The van der Waals surface area contributed by atoms with Gasteiger partial charge in [-0.15, -0.1) is 0 Å². The van der Waals surface area contributed by atoms with Crippen molar-refractivity contribution in [1.29, 1.82) is 0 Å². The number of hydrogen-bond donors (Lipinski definition) is 1. The topological polar surface area (TPSA) is 26.0 Å². The molecule has 0 radical (unpaired) electrons. The summed E-state index contributed by atoms with van der Waals surface area (Å²) in [6.07, 6.45) is 10.6. The van der Waals surface area contributed by atoms with Crippen molar-refractivity contribution in [2.45, 2.75) is 59.3 Å². The van der Waals surface area contributed by atoms with Crippen molar-refractivity contribution < 1.29 is 0 Å². The van der Waals surface area contributed by atoms with Gasteiger partial charge in [-0.05, 0) is 56.4 Å². The highest BCUT2D eigenvalue weighted by Gasteiger charge is 2.18. The van der Waals surface area contributed by atoms with Crippen LogP contribution in [-0.4, -0.2) is 6.54 Å². The van der Waals surface area contributed by atoms with Gasteiger partial charge in [-0.25, -0.2) is 0 Å². The van der Waals surface area contributed by atoms with Gasteiger partial charge in [0.2, 0.25) is 0 Å². The molecular weight excluding hydrogens is 194 g/mol. The van der Waals surface area contributed by atoms with Crippen molar-refractivity contribution in [2.75, 3.05) is 6.54 Å². The van der Waals surface area contributed by atoms with Crippen LogP contribution in [0.25, 0.3) is 0 Å². The van der Waals surface area contributed by atoms with Crippen LogP contribution in [0.5, 0.6) is 0 Å². The average molecular weight is 223 g/mol. The second kappa shape index (κ2) is 7.11. The van der Waals surface area contributed by atoms with E-state index in [0.29, 0.717) is 5.92 Å². The Labute approximate surface area is 101 Å². The second-order valence-corrected chi connectivity index (χ2v) is 5.75. The first-order valence-corrected chi connectivity index (χ1v) is 7.04. The van der Waals surface area contributed by atoms with Crippen molar-refractivity contribution in [3.63, 3.8) is 0 Å². The molecule has 1 aliphatic carbocycles. The van der Waals surface area contributed by atoms with Gasteiger partial charge in [-0.2, -0.15) is 0 Å². The van der Waals surface area contributed by atoms with Crippen LogP contribution in [0, 0.1) is 17.8 Å². The molecule has 0 amide bonds. The molecular formula is C15H29N. The van der Waals surface area contributed by atoms with Gasteiger partial charge in [0, 0.05) is 0 Å². The van der Waals surface area contributed by atoms with Gasteiger partial charge in [0.1, 0.15) is 0 Å². The SMILES string of the molecule is CC(CC(CN)C(C)C)C1=CCCCCC1. The lowest BCUT2D eigenvalue weighted by molar-refractivity contribution is 0.329. The average Bonchev–Trinajstić information content (AvgIpc) is 2.53. The highest BCUT2D eigenvalue weighted by Crippen LogP contribution is 2.29. The Hall–Kier alpha value is -0.300. The Morgan fingerprint density at radius 3 is 2.56 bits per heavy atom. The maximum absolute atomic E-state index is 5.86. The van der Waals surface area contributed by atoms with Crippen LogP contribution in [0.3, 0.4) is 0 Å². The third-order valence-electron chi connectivity index (χ3n) is 4.11. The molecule has 0 aliphatic heterocycles. The third-order valence-corrected chi connectivity index (χ3v) is 4.11. The summed E-state index contributed by atoms with van der Waals surface area (Å²) in [6, 6.07) is 0. The minimum atomic E-state index is 0.694. The van der Waals surface area contributed by atoms with Crippen LogP contribution < -0.4 is 5.73 Å². The fourth-order valence-corrected chi connectivity index (χ4v) is 2.73.